The molecule has 0 aliphatic carbocycles. The predicted octanol–water partition coefficient (Wildman–Crippen LogP) is 1.39. The maximum absolute atomic E-state index is 11.3. The number of carbonyl (C=O) groups is 1. The summed E-state index contributed by atoms with van der Waals surface area (Å²) >= 11 is 0. The van der Waals surface area contributed by atoms with Gasteiger partial charge in [-0.15, -0.1) is 0 Å². The Bertz CT molecular complexity index is 427. The van der Waals surface area contributed by atoms with Crippen molar-refractivity contribution in [1.82, 2.24) is 0 Å². The van der Waals surface area contributed by atoms with Crippen molar-refractivity contribution in [3.8, 4) is 0 Å². The minimum Gasteiger partial charge on any atom is -0.371 e. The molecule has 4 nitrogen and oxygen atoms in total. The molecule has 0 spiro atoms. The van der Waals surface area contributed by atoms with E-state index in [1.54, 1.807) is 6.92 Å². The van der Waals surface area contributed by atoms with Crippen LogP contribution in [0.3, 0.4) is 0 Å². The normalized spacial score (nSPS) is 18.4. The van der Waals surface area contributed by atoms with Gasteiger partial charge in [-0.05, 0) is 62.5 Å². The largest absolute Gasteiger partial charge is 0.371 e. The molecule has 2 rings (SSSR count). The first-order valence-corrected chi connectivity index (χ1v) is 6.86. The summed E-state index contributed by atoms with van der Waals surface area (Å²) in [6.45, 7) is 4.88. The summed E-state index contributed by atoms with van der Waals surface area (Å²) < 4.78 is 0. The smallest absolute Gasteiger partial charge is 0.159 e. The van der Waals surface area contributed by atoms with Crippen molar-refractivity contribution >= 4 is 11.5 Å². The van der Waals surface area contributed by atoms with Crippen LogP contribution in [0.4, 0.5) is 5.69 Å². The molecule has 0 bridgehead atoms. The van der Waals surface area contributed by atoms with Crippen LogP contribution in [0, 0.1) is 5.41 Å². The van der Waals surface area contributed by atoms with E-state index in [0.717, 1.165) is 31.5 Å². The molecular weight excluding hydrogens is 238 g/mol. The summed E-state index contributed by atoms with van der Waals surface area (Å²) in [5.74, 6) is 0.107. The number of hydrogen-bond donors (Lipinski definition) is 2. The average molecular weight is 261 g/mol. The Morgan fingerprint density at radius 3 is 2.11 bits per heavy atom. The van der Waals surface area contributed by atoms with Crippen LogP contribution in [0.5, 0.6) is 0 Å². The fourth-order valence-corrected chi connectivity index (χ4v) is 2.64. The molecule has 1 fully saturated rings. The molecule has 19 heavy (non-hydrogen) atoms. The summed E-state index contributed by atoms with van der Waals surface area (Å²) in [7, 11) is 0. The minimum absolute atomic E-state index is 0.107. The van der Waals surface area contributed by atoms with Gasteiger partial charge in [0.15, 0.2) is 5.78 Å². The van der Waals surface area contributed by atoms with E-state index in [2.05, 4.69) is 4.90 Å². The first kappa shape index (κ1) is 14.0. The molecule has 4 N–H and O–H groups in total. The standard InChI is InChI=1S/C15H23N3O/c1-12(19)13-2-4-14(5-3-13)18-8-6-15(10-16,11-17)7-9-18/h2-5H,6-11,16-17H2,1H3. The minimum atomic E-state index is 0.107. The van der Waals surface area contributed by atoms with E-state index in [1.165, 1.54) is 5.69 Å². The van der Waals surface area contributed by atoms with Gasteiger partial charge in [-0.3, -0.25) is 4.79 Å². The van der Waals surface area contributed by atoms with Crippen LogP contribution >= 0.6 is 0 Å². The van der Waals surface area contributed by atoms with Crippen LogP contribution in [0.2, 0.25) is 0 Å². The van der Waals surface area contributed by atoms with E-state index in [-0.39, 0.29) is 11.2 Å². The van der Waals surface area contributed by atoms with Gasteiger partial charge in [-0.1, -0.05) is 0 Å². The molecule has 0 aromatic heterocycles. The SMILES string of the molecule is CC(=O)c1ccc(N2CCC(CN)(CN)CC2)cc1. The number of hydrogen-bond acceptors (Lipinski definition) is 4. The highest BCUT2D eigenvalue weighted by molar-refractivity contribution is 5.94. The van der Waals surface area contributed by atoms with Gasteiger partial charge < -0.3 is 16.4 Å². The lowest BCUT2D eigenvalue weighted by Gasteiger charge is -2.41. The average Bonchev–Trinajstić information content (AvgIpc) is 2.47. The Labute approximate surface area is 114 Å². The zero-order valence-electron chi connectivity index (χ0n) is 11.6. The molecule has 4 heteroatoms. The second-order valence-corrected chi connectivity index (χ2v) is 5.50. The van der Waals surface area contributed by atoms with Crippen LogP contribution in [0.1, 0.15) is 30.1 Å². The van der Waals surface area contributed by atoms with Gasteiger partial charge in [0.1, 0.15) is 0 Å². The first-order chi connectivity index (χ1) is 9.10. The third kappa shape index (κ3) is 2.96. The fraction of sp³-hybridized carbons (Fsp3) is 0.533. The second kappa shape index (κ2) is 5.72. The quantitative estimate of drug-likeness (QED) is 0.803. The highest BCUT2D eigenvalue weighted by Gasteiger charge is 2.32. The number of Topliss-reactive ketones (excluding diaryl/α,β-unsaturated/α-hetero) is 1. The summed E-state index contributed by atoms with van der Waals surface area (Å²) in [5.41, 5.74) is 13.8. The Hall–Kier alpha value is -1.39. The molecule has 1 heterocycles. The number of nitrogens with zero attached hydrogens (tertiary/aromatic N) is 1. The number of carbonyl (C=O) groups excluding carboxylic acids is 1. The molecular formula is C15H23N3O. The van der Waals surface area contributed by atoms with Crippen LogP contribution in [-0.2, 0) is 0 Å². The second-order valence-electron chi connectivity index (χ2n) is 5.50. The third-order valence-corrected chi connectivity index (χ3v) is 4.33. The summed E-state index contributed by atoms with van der Waals surface area (Å²) in [6, 6.07) is 7.83. The van der Waals surface area contributed by atoms with Crippen molar-refractivity contribution in [2.45, 2.75) is 19.8 Å². The molecule has 0 saturated carbocycles. The van der Waals surface area contributed by atoms with Crippen LogP contribution < -0.4 is 16.4 Å². The van der Waals surface area contributed by atoms with E-state index >= 15 is 0 Å². The van der Waals surface area contributed by atoms with Crippen molar-refractivity contribution in [2.75, 3.05) is 31.1 Å². The number of nitrogens with two attached hydrogens (primary N) is 2. The topological polar surface area (TPSA) is 72.3 Å². The summed E-state index contributed by atoms with van der Waals surface area (Å²) in [4.78, 5) is 13.6. The first-order valence-electron chi connectivity index (χ1n) is 6.86. The zero-order chi connectivity index (χ0) is 13.9. The van der Waals surface area contributed by atoms with E-state index in [1.807, 2.05) is 24.3 Å². The Morgan fingerprint density at radius 1 is 1.16 bits per heavy atom. The van der Waals surface area contributed by atoms with Gasteiger partial charge >= 0.3 is 0 Å². The van der Waals surface area contributed by atoms with Gasteiger partial charge in [0.05, 0.1) is 0 Å². The van der Waals surface area contributed by atoms with Gasteiger partial charge in [0, 0.05) is 24.3 Å². The Morgan fingerprint density at radius 2 is 1.68 bits per heavy atom. The van der Waals surface area contributed by atoms with Crippen LogP contribution in [-0.4, -0.2) is 32.0 Å². The molecule has 1 aliphatic rings. The molecule has 0 amide bonds. The van der Waals surface area contributed by atoms with E-state index < -0.39 is 0 Å². The van der Waals surface area contributed by atoms with Crippen LogP contribution in [0.25, 0.3) is 0 Å². The number of anilines is 1. The van der Waals surface area contributed by atoms with E-state index in [0.29, 0.717) is 13.1 Å². The molecule has 1 aromatic carbocycles. The maximum atomic E-state index is 11.3. The number of piperidine rings is 1. The molecule has 0 radical (unpaired) electrons. The predicted molar refractivity (Wildman–Crippen MR) is 78.4 cm³/mol. The maximum Gasteiger partial charge on any atom is 0.159 e. The van der Waals surface area contributed by atoms with E-state index in [4.69, 9.17) is 11.5 Å². The third-order valence-electron chi connectivity index (χ3n) is 4.33. The van der Waals surface area contributed by atoms with E-state index in [9.17, 15) is 4.79 Å². The molecule has 1 aliphatic heterocycles. The fourth-order valence-electron chi connectivity index (χ4n) is 2.64. The molecule has 104 valence electrons. The molecule has 1 aromatic rings. The highest BCUT2D eigenvalue weighted by atomic mass is 16.1. The zero-order valence-corrected chi connectivity index (χ0v) is 11.6. The van der Waals surface area contributed by atoms with Crippen molar-refractivity contribution in [3.63, 3.8) is 0 Å². The Kier molecular flexibility index (Phi) is 4.22. The molecule has 1 saturated heterocycles. The number of ketones is 1. The molecule has 0 atom stereocenters. The highest BCUT2D eigenvalue weighted by Crippen LogP contribution is 2.31. The van der Waals surface area contributed by atoms with Gasteiger partial charge in [-0.2, -0.15) is 0 Å². The lowest BCUT2D eigenvalue weighted by molar-refractivity contribution is 0.101. The number of rotatable bonds is 4. The monoisotopic (exact) mass is 261 g/mol. The Balaban J connectivity index is 2.03. The van der Waals surface area contributed by atoms with Gasteiger partial charge in [-0.25, -0.2) is 0 Å². The van der Waals surface area contributed by atoms with Crippen molar-refractivity contribution < 1.29 is 4.79 Å². The van der Waals surface area contributed by atoms with Crippen molar-refractivity contribution in [2.24, 2.45) is 16.9 Å². The molecule has 0 unspecified atom stereocenters. The van der Waals surface area contributed by atoms with Crippen molar-refractivity contribution in [1.29, 1.82) is 0 Å². The number of benzene rings is 1. The lowest BCUT2D eigenvalue weighted by atomic mass is 9.78. The van der Waals surface area contributed by atoms with Gasteiger partial charge in [0.2, 0.25) is 0 Å². The summed E-state index contributed by atoms with van der Waals surface area (Å²) in [6.07, 6.45) is 2.07. The van der Waals surface area contributed by atoms with Crippen molar-refractivity contribution in [3.05, 3.63) is 29.8 Å². The van der Waals surface area contributed by atoms with Crippen LogP contribution in [0.15, 0.2) is 24.3 Å². The summed E-state index contributed by atoms with van der Waals surface area (Å²) in [5, 5.41) is 0. The lowest BCUT2D eigenvalue weighted by Crippen LogP contribution is -2.47. The van der Waals surface area contributed by atoms with Gasteiger partial charge in [0.25, 0.3) is 0 Å².